The second-order valence-corrected chi connectivity index (χ2v) is 7.05. The normalized spacial score (nSPS) is 18.3. The molecule has 4 N–H and O–H groups in total. The Morgan fingerprint density at radius 1 is 1.32 bits per heavy atom. The molecule has 0 aromatic heterocycles. The molecule has 8 heteroatoms. The molecule has 0 bridgehead atoms. The van der Waals surface area contributed by atoms with Gasteiger partial charge in [-0.2, -0.15) is 0 Å². The number of amides is 2. The molecule has 142 valence electrons. The SMILES string of the molecule is CC(C)(C)OC(=O)NC(C(=O)O)C1C=CC(=O)N1CCCCCCN. The molecule has 1 aliphatic heterocycles. The first-order chi connectivity index (χ1) is 11.7. The number of nitrogens with one attached hydrogen (secondary N) is 1. The Balaban J connectivity index is 2.69. The van der Waals surface area contributed by atoms with E-state index in [4.69, 9.17) is 10.5 Å². The second-order valence-electron chi connectivity index (χ2n) is 7.05. The number of carbonyl (C=O) groups is 3. The van der Waals surface area contributed by atoms with Crippen LogP contribution in [0.5, 0.6) is 0 Å². The number of unbranched alkanes of at least 4 members (excludes halogenated alkanes) is 3. The molecule has 0 radical (unpaired) electrons. The maximum absolute atomic E-state index is 12.0. The molecule has 0 fully saturated rings. The van der Waals surface area contributed by atoms with Gasteiger partial charge in [-0.05, 0) is 40.2 Å². The van der Waals surface area contributed by atoms with E-state index in [0.29, 0.717) is 13.1 Å². The van der Waals surface area contributed by atoms with Crippen LogP contribution in [0.15, 0.2) is 12.2 Å². The van der Waals surface area contributed by atoms with Crippen molar-refractivity contribution in [1.82, 2.24) is 10.2 Å². The second kappa shape index (κ2) is 9.41. The van der Waals surface area contributed by atoms with E-state index in [2.05, 4.69) is 5.32 Å². The Morgan fingerprint density at radius 2 is 1.96 bits per heavy atom. The maximum atomic E-state index is 12.0. The van der Waals surface area contributed by atoms with Gasteiger partial charge in [-0.3, -0.25) is 4.79 Å². The molecule has 1 aliphatic rings. The van der Waals surface area contributed by atoms with Gasteiger partial charge in [0.2, 0.25) is 5.91 Å². The summed E-state index contributed by atoms with van der Waals surface area (Å²) in [6.45, 7) is 6.13. The highest BCUT2D eigenvalue weighted by atomic mass is 16.6. The van der Waals surface area contributed by atoms with Crippen LogP contribution in [0.1, 0.15) is 46.5 Å². The van der Waals surface area contributed by atoms with E-state index in [1.165, 1.54) is 17.1 Å². The summed E-state index contributed by atoms with van der Waals surface area (Å²) >= 11 is 0. The van der Waals surface area contributed by atoms with E-state index in [1.807, 2.05) is 0 Å². The van der Waals surface area contributed by atoms with E-state index < -0.39 is 29.7 Å². The first-order valence-electron chi connectivity index (χ1n) is 8.57. The fourth-order valence-corrected chi connectivity index (χ4v) is 2.59. The van der Waals surface area contributed by atoms with Crippen LogP contribution in [-0.2, 0) is 14.3 Å². The number of ether oxygens (including phenoxy) is 1. The fraction of sp³-hybridized carbons (Fsp3) is 0.706. The third kappa shape index (κ3) is 7.13. The van der Waals surface area contributed by atoms with Crippen molar-refractivity contribution in [3.63, 3.8) is 0 Å². The molecule has 1 heterocycles. The molecular formula is C17H29N3O5. The Hall–Kier alpha value is -2.09. The summed E-state index contributed by atoms with van der Waals surface area (Å²) in [5.41, 5.74) is 4.71. The van der Waals surface area contributed by atoms with E-state index in [1.54, 1.807) is 20.8 Å². The first kappa shape index (κ1) is 21.0. The molecule has 1 rings (SSSR count). The Bertz CT molecular complexity index is 513. The summed E-state index contributed by atoms with van der Waals surface area (Å²) in [7, 11) is 0. The van der Waals surface area contributed by atoms with Crippen LogP contribution < -0.4 is 11.1 Å². The number of alkyl carbamates (subject to hydrolysis) is 1. The van der Waals surface area contributed by atoms with Crippen molar-refractivity contribution in [2.24, 2.45) is 5.73 Å². The molecule has 0 aliphatic carbocycles. The highest BCUT2D eigenvalue weighted by Crippen LogP contribution is 2.17. The topological polar surface area (TPSA) is 122 Å². The van der Waals surface area contributed by atoms with Crippen molar-refractivity contribution in [3.8, 4) is 0 Å². The highest BCUT2D eigenvalue weighted by molar-refractivity contribution is 5.92. The lowest BCUT2D eigenvalue weighted by atomic mass is 10.1. The molecule has 0 spiro atoms. The van der Waals surface area contributed by atoms with Gasteiger partial charge >= 0.3 is 12.1 Å². The van der Waals surface area contributed by atoms with Crippen molar-refractivity contribution in [2.75, 3.05) is 13.1 Å². The molecule has 0 aromatic carbocycles. The largest absolute Gasteiger partial charge is 0.480 e. The van der Waals surface area contributed by atoms with Gasteiger partial charge in [-0.25, -0.2) is 9.59 Å². The minimum Gasteiger partial charge on any atom is -0.480 e. The summed E-state index contributed by atoms with van der Waals surface area (Å²) in [5.74, 6) is -1.47. The first-order valence-corrected chi connectivity index (χ1v) is 8.57. The van der Waals surface area contributed by atoms with Crippen molar-refractivity contribution in [3.05, 3.63) is 12.2 Å². The maximum Gasteiger partial charge on any atom is 0.408 e. The lowest BCUT2D eigenvalue weighted by Gasteiger charge is -2.30. The summed E-state index contributed by atoms with van der Waals surface area (Å²) < 4.78 is 5.11. The van der Waals surface area contributed by atoms with Crippen LogP contribution >= 0.6 is 0 Å². The van der Waals surface area contributed by atoms with Crippen molar-refractivity contribution in [2.45, 2.75) is 64.1 Å². The molecular weight excluding hydrogens is 326 g/mol. The van der Waals surface area contributed by atoms with E-state index >= 15 is 0 Å². The van der Waals surface area contributed by atoms with Crippen LogP contribution in [-0.4, -0.2) is 58.8 Å². The number of nitrogens with two attached hydrogens (primary N) is 1. The average molecular weight is 355 g/mol. The molecule has 25 heavy (non-hydrogen) atoms. The summed E-state index contributed by atoms with van der Waals surface area (Å²) in [6.07, 6.45) is 5.59. The number of rotatable bonds is 9. The zero-order valence-electron chi connectivity index (χ0n) is 15.2. The van der Waals surface area contributed by atoms with Crippen molar-refractivity contribution < 1.29 is 24.2 Å². The van der Waals surface area contributed by atoms with Crippen molar-refractivity contribution in [1.29, 1.82) is 0 Å². The van der Waals surface area contributed by atoms with Crippen LogP contribution in [0.3, 0.4) is 0 Å². The average Bonchev–Trinajstić information content (AvgIpc) is 2.83. The molecule has 8 nitrogen and oxygen atoms in total. The monoisotopic (exact) mass is 355 g/mol. The molecule has 0 saturated carbocycles. The van der Waals surface area contributed by atoms with Gasteiger partial charge < -0.3 is 25.8 Å². The molecule has 2 atom stereocenters. The number of hydrogen-bond donors (Lipinski definition) is 3. The smallest absolute Gasteiger partial charge is 0.408 e. The number of carbonyl (C=O) groups excluding carboxylic acids is 2. The van der Waals surface area contributed by atoms with Crippen molar-refractivity contribution >= 4 is 18.0 Å². The third-order valence-corrected chi connectivity index (χ3v) is 3.71. The van der Waals surface area contributed by atoms with Gasteiger partial charge in [-0.1, -0.05) is 18.9 Å². The Morgan fingerprint density at radius 3 is 2.52 bits per heavy atom. The lowest BCUT2D eigenvalue weighted by molar-refractivity contribution is -0.141. The minimum absolute atomic E-state index is 0.249. The standard InChI is InChI=1S/C17H29N3O5/c1-17(2,3)25-16(24)19-14(15(22)23)12-8-9-13(21)20(12)11-7-5-4-6-10-18/h8-9,12,14H,4-7,10-11,18H2,1-3H3,(H,19,24)(H,22,23). The summed E-state index contributed by atoms with van der Waals surface area (Å²) in [6, 6.07) is -1.99. The number of carboxylic acid groups (broad SMARTS) is 1. The van der Waals surface area contributed by atoms with Gasteiger partial charge in [0, 0.05) is 12.6 Å². The number of carboxylic acids is 1. The Labute approximate surface area is 148 Å². The van der Waals surface area contributed by atoms with Crippen LogP contribution in [0.4, 0.5) is 4.79 Å². The van der Waals surface area contributed by atoms with E-state index in [-0.39, 0.29) is 5.91 Å². The number of hydrogen-bond acceptors (Lipinski definition) is 5. The van der Waals surface area contributed by atoms with Crippen LogP contribution in [0.2, 0.25) is 0 Å². The zero-order valence-corrected chi connectivity index (χ0v) is 15.2. The van der Waals surface area contributed by atoms with Gasteiger partial charge in [0.05, 0.1) is 6.04 Å². The van der Waals surface area contributed by atoms with Gasteiger partial charge in [0.15, 0.2) is 6.04 Å². The van der Waals surface area contributed by atoms with Gasteiger partial charge in [0.25, 0.3) is 0 Å². The quantitative estimate of drug-likeness (QED) is 0.535. The predicted octanol–water partition coefficient (Wildman–Crippen LogP) is 1.25. The summed E-state index contributed by atoms with van der Waals surface area (Å²) in [5, 5.41) is 11.8. The molecule has 0 saturated heterocycles. The van der Waals surface area contributed by atoms with Gasteiger partial charge in [0.1, 0.15) is 5.60 Å². The summed E-state index contributed by atoms with van der Waals surface area (Å²) in [4.78, 5) is 37.0. The zero-order chi connectivity index (χ0) is 19.0. The van der Waals surface area contributed by atoms with Gasteiger partial charge in [-0.15, -0.1) is 0 Å². The molecule has 2 amide bonds. The van der Waals surface area contributed by atoms with Crippen LogP contribution in [0.25, 0.3) is 0 Å². The third-order valence-electron chi connectivity index (χ3n) is 3.71. The highest BCUT2D eigenvalue weighted by Gasteiger charge is 2.38. The minimum atomic E-state index is -1.26. The predicted molar refractivity (Wildman–Crippen MR) is 93.0 cm³/mol. The lowest BCUT2D eigenvalue weighted by Crippen LogP contribution is -2.55. The number of aliphatic carboxylic acids is 1. The van der Waals surface area contributed by atoms with E-state index in [9.17, 15) is 19.5 Å². The van der Waals surface area contributed by atoms with Crippen LogP contribution in [0, 0.1) is 0 Å². The fourth-order valence-electron chi connectivity index (χ4n) is 2.59. The number of nitrogens with zero attached hydrogens (tertiary/aromatic N) is 1. The van der Waals surface area contributed by atoms with E-state index in [0.717, 1.165) is 25.7 Å². The molecule has 0 aromatic rings. The Kier molecular flexibility index (Phi) is 7.89. The molecule has 2 unspecified atom stereocenters.